The van der Waals surface area contributed by atoms with Crippen molar-refractivity contribution in [1.29, 1.82) is 0 Å². The zero-order chi connectivity index (χ0) is 26.6. The van der Waals surface area contributed by atoms with Crippen molar-refractivity contribution in [2.24, 2.45) is 5.73 Å². The number of carbonyl (C=O) groups is 2. The number of amides is 2. The van der Waals surface area contributed by atoms with Gasteiger partial charge in [0.25, 0.3) is 0 Å². The van der Waals surface area contributed by atoms with Crippen molar-refractivity contribution in [3.8, 4) is 0 Å². The zero-order valence-corrected chi connectivity index (χ0v) is 22.8. The van der Waals surface area contributed by atoms with Crippen molar-refractivity contribution in [3.63, 3.8) is 0 Å². The molecule has 0 spiro atoms. The molecule has 1 aliphatic heterocycles. The summed E-state index contributed by atoms with van der Waals surface area (Å²) < 4.78 is 27.7. The van der Waals surface area contributed by atoms with Crippen LogP contribution in [0.25, 0.3) is 0 Å². The second-order valence-electron chi connectivity index (χ2n) is 9.74. The average molecular weight is 568 g/mol. The van der Waals surface area contributed by atoms with Crippen molar-refractivity contribution in [3.05, 3.63) is 63.1 Å². The highest BCUT2D eigenvalue weighted by atomic mass is 35.5. The van der Waals surface area contributed by atoms with Gasteiger partial charge in [-0.1, -0.05) is 47.8 Å². The average Bonchev–Trinajstić information content (AvgIpc) is 2.85. The summed E-state index contributed by atoms with van der Waals surface area (Å²) in [6, 6.07) is 8.57. The second kappa shape index (κ2) is 12.1. The van der Waals surface area contributed by atoms with Gasteiger partial charge in [0.05, 0.1) is 27.4 Å². The molecule has 37 heavy (non-hydrogen) atoms. The molecular formula is C26H32Cl2N4O4S. The fourth-order valence-electron chi connectivity index (χ4n) is 5.03. The van der Waals surface area contributed by atoms with Crippen LogP contribution in [-0.2, 0) is 32.6 Å². The third kappa shape index (κ3) is 7.23. The quantitative estimate of drug-likeness (QED) is 0.427. The molecule has 2 aliphatic rings. The van der Waals surface area contributed by atoms with Gasteiger partial charge >= 0.3 is 0 Å². The first kappa shape index (κ1) is 27.9. The molecule has 1 saturated heterocycles. The van der Waals surface area contributed by atoms with Gasteiger partial charge in [0.1, 0.15) is 6.04 Å². The van der Waals surface area contributed by atoms with Gasteiger partial charge in [0.15, 0.2) is 0 Å². The molecule has 1 fully saturated rings. The Morgan fingerprint density at radius 2 is 1.78 bits per heavy atom. The Balaban J connectivity index is 1.40. The van der Waals surface area contributed by atoms with E-state index in [0.717, 1.165) is 44.5 Å². The summed E-state index contributed by atoms with van der Waals surface area (Å²) >= 11 is 11.8. The first-order valence-corrected chi connectivity index (χ1v) is 14.8. The SMILES string of the molecule is NC(=O)[C@@H](CC(=O)N[C@@H]1CCCc2cc(CN3CCCCC3)ccc21)NS(=O)(=O)c1ccc(Cl)c(Cl)c1. The summed E-state index contributed by atoms with van der Waals surface area (Å²) in [5.74, 6) is -1.42. The van der Waals surface area contributed by atoms with Crippen LogP contribution in [0.5, 0.6) is 0 Å². The Morgan fingerprint density at radius 3 is 2.49 bits per heavy atom. The van der Waals surface area contributed by atoms with Gasteiger partial charge < -0.3 is 11.1 Å². The predicted molar refractivity (Wildman–Crippen MR) is 144 cm³/mol. The first-order valence-electron chi connectivity index (χ1n) is 12.5. The van der Waals surface area contributed by atoms with Crippen molar-refractivity contribution < 1.29 is 18.0 Å². The van der Waals surface area contributed by atoms with Gasteiger partial charge in [-0.2, -0.15) is 4.72 Å². The summed E-state index contributed by atoms with van der Waals surface area (Å²) in [6.45, 7) is 3.20. The minimum absolute atomic E-state index is 0.0490. The molecule has 200 valence electrons. The summed E-state index contributed by atoms with van der Waals surface area (Å²) in [5.41, 5.74) is 8.99. The van der Waals surface area contributed by atoms with Crippen LogP contribution in [0.4, 0.5) is 0 Å². The second-order valence-corrected chi connectivity index (χ2v) is 12.3. The Hall–Kier alpha value is -2.17. The van der Waals surface area contributed by atoms with Crippen LogP contribution in [0.15, 0.2) is 41.3 Å². The number of hydrogen-bond acceptors (Lipinski definition) is 5. The fraction of sp³-hybridized carbons (Fsp3) is 0.462. The molecule has 0 aromatic heterocycles. The topological polar surface area (TPSA) is 122 Å². The molecule has 1 heterocycles. The summed E-state index contributed by atoms with van der Waals surface area (Å²) in [5, 5.41) is 3.21. The molecule has 2 aromatic carbocycles. The number of primary amides is 1. The lowest BCUT2D eigenvalue weighted by atomic mass is 9.86. The molecule has 11 heteroatoms. The van der Waals surface area contributed by atoms with Crippen molar-refractivity contribution in [2.75, 3.05) is 13.1 Å². The minimum atomic E-state index is -4.17. The summed E-state index contributed by atoms with van der Waals surface area (Å²) in [7, 11) is -4.17. The maximum Gasteiger partial charge on any atom is 0.241 e. The number of nitrogens with zero attached hydrogens (tertiary/aromatic N) is 1. The molecule has 0 unspecified atom stereocenters. The first-order chi connectivity index (χ1) is 17.6. The number of aryl methyl sites for hydroxylation is 1. The van der Waals surface area contributed by atoms with Crippen molar-refractivity contribution >= 4 is 45.0 Å². The van der Waals surface area contributed by atoms with E-state index in [-0.39, 0.29) is 21.0 Å². The molecular weight excluding hydrogens is 535 g/mol. The van der Waals surface area contributed by atoms with Crippen LogP contribution in [0, 0.1) is 0 Å². The number of benzene rings is 2. The van der Waals surface area contributed by atoms with E-state index in [4.69, 9.17) is 28.9 Å². The normalized spacial score (nSPS) is 19.1. The van der Waals surface area contributed by atoms with Gasteiger partial charge in [-0.15, -0.1) is 0 Å². The zero-order valence-electron chi connectivity index (χ0n) is 20.5. The number of piperidine rings is 1. The number of halogens is 2. The molecule has 8 nitrogen and oxygen atoms in total. The Bertz CT molecular complexity index is 1270. The van der Waals surface area contributed by atoms with Gasteiger partial charge in [0.2, 0.25) is 21.8 Å². The summed E-state index contributed by atoms with van der Waals surface area (Å²) in [6.07, 6.45) is 6.01. The van der Waals surface area contributed by atoms with E-state index in [1.165, 1.54) is 48.6 Å². The lowest BCUT2D eigenvalue weighted by Crippen LogP contribution is -2.47. The highest BCUT2D eigenvalue weighted by Gasteiger charge is 2.29. The monoisotopic (exact) mass is 566 g/mol. The van der Waals surface area contributed by atoms with E-state index in [0.29, 0.717) is 0 Å². The Morgan fingerprint density at radius 1 is 1.03 bits per heavy atom. The van der Waals surface area contributed by atoms with E-state index in [2.05, 4.69) is 33.1 Å². The van der Waals surface area contributed by atoms with E-state index < -0.39 is 34.3 Å². The summed E-state index contributed by atoms with van der Waals surface area (Å²) in [4.78, 5) is 27.2. The number of carbonyl (C=O) groups excluding carboxylic acids is 2. The highest BCUT2D eigenvalue weighted by molar-refractivity contribution is 7.89. The number of rotatable bonds is 9. The number of sulfonamides is 1. The molecule has 4 N–H and O–H groups in total. The lowest BCUT2D eigenvalue weighted by Gasteiger charge is -2.29. The molecule has 2 aromatic rings. The maximum atomic E-state index is 12.9. The Labute approximate surface area is 227 Å². The van der Waals surface area contributed by atoms with Crippen LogP contribution in [0.2, 0.25) is 10.0 Å². The third-order valence-electron chi connectivity index (χ3n) is 6.94. The fourth-order valence-corrected chi connectivity index (χ4v) is 6.62. The number of likely N-dealkylation sites (tertiary alicyclic amines) is 1. The van der Waals surface area contributed by atoms with E-state index in [1.807, 2.05) is 0 Å². The molecule has 2 amide bonds. The van der Waals surface area contributed by atoms with Gasteiger partial charge in [-0.25, -0.2) is 8.42 Å². The molecule has 2 atom stereocenters. The molecule has 1 aliphatic carbocycles. The largest absolute Gasteiger partial charge is 0.368 e. The molecule has 0 radical (unpaired) electrons. The standard InChI is InChI=1S/C26H32Cl2N4O4S/c27-21-10-8-19(14-22(21)28)37(35,36)31-24(26(29)34)15-25(33)30-23-6-4-5-18-13-17(7-9-20(18)23)16-32-11-2-1-3-12-32/h7-10,13-14,23-24,31H,1-6,11-12,15-16H2,(H2,29,34)(H,30,33)/t23-,24-/m1/s1. The minimum Gasteiger partial charge on any atom is -0.368 e. The van der Waals surface area contributed by atoms with Crippen LogP contribution >= 0.6 is 23.2 Å². The van der Waals surface area contributed by atoms with E-state index in [1.54, 1.807) is 0 Å². The van der Waals surface area contributed by atoms with Crippen LogP contribution in [0.3, 0.4) is 0 Å². The lowest BCUT2D eigenvalue weighted by molar-refractivity contribution is -0.126. The molecule has 4 rings (SSSR count). The van der Waals surface area contributed by atoms with Gasteiger partial charge in [-0.05, 0) is 80.1 Å². The number of nitrogens with one attached hydrogen (secondary N) is 2. The van der Waals surface area contributed by atoms with Gasteiger partial charge in [0, 0.05) is 6.54 Å². The third-order valence-corrected chi connectivity index (χ3v) is 9.15. The van der Waals surface area contributed by atoms with Crippen LogP contribution in [0.1, 0.15) is 61.3 Å². The predicted octanol–water partition coefficient (Wildman–Crippen LogP) is 3.70. The maximum absolute atomic E-state index is 12.9. The highest BCUT2D eigenvalue weighted by Crippen LogP contribution is 2.31. The molecule has 0 saturated carbocycles. The van der Waals surface area contributed by atoms with Crippen molar-refractivity contribution in [1.82, 2.24) is 14.9 Å². The van der Waals surface area contributed by atoms with Gasteiger partial charge in [-0.3, -0.25) is 14.5 Å². The molecule has 0 bridgehead atoms. The number of nitrogens with two attached hydrogens (primary N) is 1. The number of hydrogen-bond donors (Lipinski definition) is 3. The van der Waals surface area contributed by atoms with Crippen molar-refractivity contribution in [2.45, 2.75) is 68.5 Å². The van der Waals surface area contributed by atoms with Crippen LogP contribution in [-0.4, -0.2) is 44.3 Å². The van der Waals surface area contributed by atoms with Crippen LogP contribution < -0.4 is 15.8 Å². The smallest absolute Gasteiger partial charge is 0.241 e. The Kier molecular flexibility index (Phi) is 9.13. The number of fused-ring (bicyclic) bond motifs is 1. The van der Waals surface area contributed by atoms with E-state index in [9.17, 15) is 18.0 Å². The van der Waals surface area contributed by atoms with E-state index >= 15 is 0 Å².